The van der Waals surface area contributed by atoms with E-state index in [4.69, 9.17) is 19.7 Å². The molecule has 0 unspecified atom stereocenters. The molecule has 140 valence electrons. The lowest BCUT2D eigenvalue weighted by Crippen LogP contribution is -2.14. The number of benzene rings is 1. The standard InChI is InChI=1S/C16H22O4.C2H4O3/c1-3-5-8-12-9-7-10-13(14(12)15(17)18)16(19)20-11-6-4-2;3-1-2(4)5/h7,9-10H,3-6,8,11H2,1-2H3,(H,17,18);3H,1H2,(H,4,5). The van der Waals surface area contributed by atoms with Crippen molar-refractivity contribution in [2.75, 3.05) is 13.2 Å². The maximum absolute atomic E-state index is 12.0. The zero-order valence-electron chi connectivity index (χ0n) is 14.7. The van der Waals surface area contributed by atoms with Crippen LogP contribution in [-0.4, -0.2) is 46.4 Å². The lowest BCUT2D eigenvalue weighted by atomic mass is 9.97. The summed E-state index contributed by atoms with van der Waals surface area (Å²) in [6.45, 7) is 3.60. The minimum Gasteiger partial charge on any atom is -0.480 e. The van der Waals surface area contributed by atoms with Crippen LogP contribution >= 0.6 is 0 Å². The molecule has 1 aromatic carbocycles. The zero-order chi connectivity index (χ0) is 19.2. The monoisotopic (exact) mass is 354 g/mol. The van der Waals surface area contributed by atoms with Crippen molar-refractivity contribution in [1.82, 2.24) is 0 Å². The van der Waals surface area contributed by atoms with Crippen LogP contribution in [0.1, 0.15) is 65.8 Å². The van der Waals surface area contributed by atoms with Gasteiger partial charge in [-0.3, -0.25) is 0 Å². The minimum absolute atomic E-state index is 0.0856. The molecule has 0 atom stereocenters. The Morgan fingerprint density at radius 2 is 1.64 bits per heavy atom. The van der Waals surface area contributed by atoms with Gasteiger partial charge in [0.25, 0.3) is 0 Å². The van der Waals surface area contributed by atoms with E-state index < -0.39 is 24.5 Å². The molecule has 25 heavy (non-hydrogen) atoms. The number of aliphatic carboxylic acids is 1. The number of ether oxygens (including phenoxy) is 1. The number of carbonyl (C=O) groups is 3. The van der Waals surface area contributed by atoms with Gasteiger partial charge in [0, 0.05) is 0 Å². The van der Waals surface area contributed by atoms with Gasteiger partial charge in [-0.15, -0.1) is 0 Å². The third-order valence-corrected chi connectivity index (χ3v) is 3.25. The Bertz CT molecular complexity index is 567. The van der Waals surface area contributed by atoms with Gasteiger partial charge in [-0.1, -0.05) is 38.8 Å². The number of carboxylic acid groups (broad SMARTS) is 2. The maximum Gasteiger partial charge on any atom is 0.339 e. The number of esters is 1. The fourth-order valence-electron chi connectivity index (χ4n) is 1.99. The van der Waals surface area contributed by atoms with E-state index in [0.717, 1.165) is 25.7 Å². The van der Waals surface area contributed by atoms with Crippen molar-refractivity contribution in [1.29, 1.82) is 0 Å². The first kappa shape index (κ1) is 22.6. The summed E-state index contributed by atoms with van der Waals surface area (Å²) >= 11 is 0. The summed E-state index contributed by atoms with van der Waals surface area (Å²) in [4.78, 5) is 32.5. The molecular weight excluding hydrogens is 328 g/mol. The number of carbonyl (C=O) groups excluding carboxylic acids is 1. The Labute approximate surface area is 147 Å². The molecule has 0 aromatic heterocycles. The molecule has 7 nitrogen and oxygen atoms in total. The van der Waals surface area contributed by atoms with Crippen LogP contribution in [0.25, 0.3) is 0 Å². The number of aromatic carboxylic acids is 1. The van der Waals surface area contributed by atoms with Crippen molar-refractivity contribution in [2.45, 2.75) is 46.0 Å². The molecule has 0 saturated carbocycles. The summed E-state index contributed by atoms with van der Waals surface area (Å²) in [6, 6.07) is 5.00. The van der Waals surface area contributed by atoms with Crippen LogP contribution < -0.4 is 0 Å². The van der Waals surface area contributed by atoms with Crippen molar-refractivity contribution in [2.24, 2.45) is 0 Å². The second-order valence-electron chi connectivity index (χ2n) is 5.29. The Balaban J connectivity index is 0.00000101. The Kier molecular flexibility index (Phi) is 11.7. The maximum atomic E-state index is 12.0. The quantitative estimate of drug-likeness (QED) is 0.460. The molecule has 0 radical (unpaired) electrons. The Hall–Kier alpha value is -2.41. The first-order valence-electron chi connectivity index (χ1n) is 8.23. The molecule has 0 aliphatic carbocycles. The van der Waals surface area contributed by atoms with Gasteiger partial charge < -0.3 is 20.1 Å². The molecular formula is C18H26O7. The van der Waals surface area contributed by atoms with Crippen LogP contribution in [0.2, 0.25) is 0 Å². The van der Waals surface area contributed by atoms with Gasteiger partial charge in [-0.25, -0.2) is 14.4 Å². The van der Waals surface area contributed by atoms with Gasteiger partial charge in [0.2, 0.25) is 0 Å². The Morgan fingerprint density at radius 3 is 2.12 bits per heavy atom. The number of hydrogen-bond acceptors (Lipinski definition) is 5. The third-order valence-electron chi connectivity index (χ3n) is 3.25. The van der Waals surface area contributed by atoms with E-state index in [0.29, 0.717) is 18.6 Å². The average Bonchev–Trinajstić information content (AvgIpc) is 2.59. The van der Waals surface area contributed by atoms with Crippen molar-refractivity contribution < 1.29 is 34.4 Å². The predicted molar refractivity (Wildman–Crippen MR) is 91.9 cm³/mol. The fourth-order valence-corrected chi connectivity index (χ4v) is 1.99. The SMILES string of the molecule is CCCCOC(=O)c1cccc(CCCC)c1C(=O)O.O=C(O)CO. The van der Waals surface area contributed by atoms with Crippen molar-refractivity contribution >= 4 is 17.9 Å². The number of carboxylic acids is 2. The number of unbranched alkanes of at least 4 members (excludes halogenated alkanes) is 2. The average molecular weight is 354 g/mol. The highest BCUT2D eigenvalue weighted by atomic mass is 16.5. The molecule has 0 spiro atoms. The molecule has 0 aliphatic rings. The number of hydrogen-bond donors (Lipinski definition) is 3. The highest BCUT2D eigenvalue weighted by Crippen LogP contribution is 2.18. The lowest BCUT2D eigenvalue weighted by Gasteiger charge is -2.11. The minimum atomic E-state index is -1.19. The highest BCUT2D eigenvalue weighted by molar-refractivity contribution is 6.03. The molecule has 0 amide bonds. The van der Waals surface area contributed by atoms with Crippen molar-refractivity contribution in [3.05, 3.63) is 34.9 Å². The third kappa shape index (κ3) is 8.85. The van der Waals surface area contributed by atoms with Gasteiger partial charge >= 0.3 is 17.9 Å². The number of rotatable bonds is 9. The van der Waals surface area contributed by atoms with E-state index in [-0.39, 0.29) is 11.1 Å². The van der Waals surface area contributed by atoms with Gasteiger partial charge in [0.1, 0.15) is 6.61 Å². The van der Waals surface area contributed by atoms with E-state index in [2.05, 4.69) is 0 Å². The molecule has 1 aromatic rings. The van der Waals surface area contributed by atoms with Crippen molar-refractivity contribution in [3.63, 3.8) is 0 Å². The first-order chi connectivity index (χ1) is 11.9. The molecule has 0 fully saturated rings. The summed E-state index contributed by atoms with van der Waals surface area (Å²) in [7, 11) is 0. The summed E-state index contributed by atoms with van der Waals surface area (Å²) in [5.74, 6) is -2.81. The number of aliphatic hydroxyl groups excluding tert-OH is 1. The second kappa shape index (κ2) is 12.9. The van der Waals surface area contributed by atoms with E-state index >= 15 is 0 Å². The Morgan fingerprint density at radius 1 is 1.04 bits per heavy atom. The largest absolute Gasteiger partial charge is 0.480 e. The summed E-state index contributed by atoms with van der Waals surface area (Å²) in [5.41, 5.74) is 0.939. The van der Waals surface area contributed by atoms with Crippen LogP contribution in [0.15, 0.2) is 18.2 Å². The predicted octanol–water partition coefficient (Wildman–Crippen LogP) is 2.75. The van der Waals surface area contributed by atoms with E-state index in [1.807, 2.05) is 13.8 Å². The van der Waals surface area contributed by atoms with Crippen LogP contribution in [0.4, 0.5) is 0 Å². The van der Waals surface area contributed by atoms with E-state index in [1.165, 1.54) is 6.07 Å². The van der Waals surface area contributed by atoms with Gasteiger partial charge in [-0.2, -0.15) is 0 Å². The van der Waals surface area contributed by atoms with E-state index in [9.17, 15) is 14.7 Å². The fraction of sp³-hybridized carbons (Fsp3) is 0.500. The topological polar surface area (TPSA) is 121 Å². The van der Waals surface area contributed by atoms with E-state index in [1.54, 1.807) is 12.1 Å². The molecule has 1 rings (SSSR count). The summed E-state index contributed by atoms with van der Waals surface area (Å²) < 4.78 is 5.12. The first-order valence-corrected chi connectivity index (χ1v) is 8.23. The second-order valence-corrected chi connectivity index (χ2v) is 5.29. The molecule has 0 saturated heterocycles. The molecule has 7 heteroatoms. The van der Waals surface area contributed by atoms with Gasteiger partial charge in [0.15, 0.2) is 0 Å². The molecule has 0 aliphatic heterocycles. The zero-order valence-corrected chi connectivity index (χ0v) is 14.7. The normalized spacial score (nSPS) is 9.72. The lowest BCUT2D eigenvalue weighted by molar-refractivity contribution is -0.140. The molecule has 0 bridgehead atoms. The number of aliphatic hydroxyl groups is 1. The highest BCUT2D eigenvalue weighted by Gasteiger charge is 2.20. The smallest absolute Gasteiger partial charge is 0.339 e. The van der Waals surface area contributed by atoms with Gasteiger partial charge in [0.05, 0.1) is 17.7 Å². The summed E-state index contributed by atoms with van der Waals surface area (Å²) in [5, 5.41) is 24.4. The van der Waals surface area contributed by atoms with Crippen molar-refractivity contribution in [3.8, 4) is 0 Å². The molecule has 3 N–H and O–H groups in total. The van der Waals surface area contributed by atoms with Gasteiger partial charge in [-0.05, 0) is 30.9 Å². The number of aryl methyl sites for hydroxylation is 1. The van der Waals surface area contributed by atoms with Crippen LogP contribution in [-0.2, 0) is 16.0 Å². The molecule has 0 heterocycles. The van der Waals surface area contributed by atoms with Crippen LogP contribution in [0.3, 0.4) is 0 Å². The van der Waals surface area contributed by atoms with Crippen LogP contribution in [0, 0.1) is 0 Å². The summed E-state index contributed by atoms with van der Waals surface area (Å²) in [6.07, 6.45) is 4.24. The van der Waals surface area contributed by atoms with Crippen LogP contribution in [0.5, 0.6) is 0 Å².